The molecule has 3 heteroatoms. The van der Waals surface area contributed by atoms with Gasteiger partial charge < -0.3 is 9.84 Å². The van der Waals surface area contributed by atoms with Gasteiger partial charge in [-0.25, -0.2) is 0 Å². The van der Waals surface area contributed by atoms with Gasteiger partial charge in [0, 0.05) is 5.92 Å². The van der Waals surface area contributed by atoms with Crippen LogP contribution in [-0.2, 0) is 4.79 Å². The second-order valence-corrected chi connectivity index (χ2v) is 5.10. The van der Waals surface area contributed by atoms with E-state index in [1.165, 1.54) is 0 Å². The molecule has 0 aliphatic heterocycles. The summed E-state index contributed by atoms with van der Waals surface area (Å²) in [6.45, 7) is 0. The monoisotopic (exact) mass is 280 g/mol. The van der Waals surface area contributed by atoms with E-state index in [0.717, 1.165) is 28.0 Å². The van der Waals surface area contributed by atoms with Crippen LogP contribution in [0.25, 0.3) is 5.57 Å². The average Bonchev–Trinajstić information content (AvgIpc) is 2.86. The predicted molar refractivity (Wildman–Crippen MR) is 81.5 cm³/mol. The van der Waals surface area contributed by atoms with E-state index in [1.54, 1.807) is 7.11 Å². The summed E-state index contributed by atoms with van der Waals surface area (Å²) in [5, 5.41) is 9.09. The minimum atomic E-state index is -0.780. The number of aliphatic carboxylic acids is 1. The van der Waals surface area contributed by atoms with Gasteiger partial charge in [-0.3, -0.25) is 4.79 Å². The minimum absolute atomic E-state index is 0.0695. The zero-order valence-corrected chi connectivity index (χ0v) is 11.7. The van der Waals surface area contributed by atoms with Crippen molar-refractivity contribution < 1.29 is 14.6 Å². The fourth-order valence-corrected chi connectivity index (χ4v) is 2.85. The Labute approximate surface area is 123 Å². The Kier molecular flexibility index (Phi) is 3.48. The van der Waals surface area contributed by atoms with Crippen LogP contribution in [-0.4, -0.2) is 18.2 Å². The van der Waals surface area contributed by atoms with Crippen molar-refractivity contribution in [3.05, 3.63) is 71.3 Å². The zero-order chi connectivity index (χ0) is 14.8. The summed E-state index contributed by atoms with van der Waals surface area (Å²) in [6, 6.07) is 15.8. The van der Waals surface area contributed by atoms with Gasteiger partial charge in [-0.1, -0.05) is 42.5 Å². The summed E-state index contributed by atoms with van der Waals surface area (Å²) in [7, 11) is 1.64. The average molecular weight is 280 g/mol. The van der Waals surface area contributed by atoms with Crippen molar-refractivity contribution in [3.8, 4) is 5.75 Å². The summed E-state index contributed by atoms with van der Waals surface area (Å²) in [4.78, 5) is 11.1. The molecule has 1 aliphatic rings. The van der Waals surface area contributed by atoms with E-state index in [9.17, 15) is 4.79 Å². The number of methoxy groups -OCH3 is 1. The number of ether oxygens (including phenoxy) is 1. The Hall–Kier alpha value is -2.55. The lowest BCUT2D eigenvalue weighted by molar-refractivity contribution is -0.137. The zero-order valence-electron chi connectivity index (χ0n) is 11.7. The number of fused-ring (bicyclic) bond motifs is 1. The highest BCUT2D eigenvalue weighted by atomic mass is 16.5. The van der Waals surface area contributed by atoms with Crippen molar-refractivity contribution in [1.29, 1.82) is 0 Å². The van der Waals surface area contributed by atoms with Crippen molar-refractivity contribution in [1.82, 2.24) is 0 Å². The van der Waals surface area contributed by atoms with Crippen molar-refractivity contribution in [2.45, 2.75) is 12.3 Å². The number of rotatable bonds is 4. The Morgan fingerprint density at radius 1 is 1.19 bits per heavy atom. The number of allylic oxidation sites excluding steroid dienone is 1. The molecule has 3 rings (SSSR count). The summed E-state index contributed by atoms with van der Waals surface area (Å²) in [6.07, 6.45) is 2.16. The molecule has 0 bridgehead atoms. The molecule has 106 valence electrons. The molecule has 2 aromatic carbocycles. The van der Waals surface area contributed by atoms with Crippen molar-refractivity contribution in [2.24, 2.45) is 0 Å². The lowest BCUT2D eigenvalue weighted by atomic mass is 9.96. The maximum atomic E-state index is 11.1. The molecule has 21 heavy (non-hydrogen) atoms. The largest absolute Gasteiger partial charge is 0.497 e. The first-order chi connectivity index (χ1) is 10.2. The molecule has 0 saturated carbocycles. The van der Waals surface area contributed by atoms with E-state index < -0.39 is 5.97 Å². The quantitative estimate of drug-likeness (QED) is 0.929. The normalized spacial score (nSPS) is 16.2. The van der Waals surface area contributed by atoms with Crippen molar-refractivity contribution in [2.75, 3.05) is 7.11 Å². The van der Waals surface area contributed by atoms with Gasteiger partial charge in [0.05, 0.1) is 13.5 Å². The lowest BCUT2D eigenvalue weighted by Crippen LogP contribution is -2.02. The van der Waals surface area contributed by atoms with Crippen LogP contribution in [0.5, 0.6) is 5.75 Å². The van der Waals surface area contributed by atoms with Gasteiger partial charge in [-0.15, -0.1) is 0 Å². The van der Waals surface area contributed by atoms with Crippen LogP contribution < -0.4 is 4.74 Å². The predicted octanol–water partition coefficient (Wildman–Crippen LogP) is 3.70. The Bertz CT molecular complexity index is 716. The number of benzene rings is 2. The second kappa shape index (κ2) is 5.44. The van der Waals surface area contributed by atoms with Crippen LogP contribution in [0.2, 0.25) is 0 Å². The highest BCUT2D eigenvalue weighted by molar-refractivity contribution is 5.87. The molecule has 0 radical (unpaired) electrons. The SMILES string of the molecule is COc1cccc(C2=CC(CC(=O)O)c3ccccc32)c1. The second-order valence-electron chi connectivity index (χ2n) is 5.10. The van der Waals surface area contributed by atoms with Gasteiger partial charge >= 0.3 is 5.97 Å². The summed E-state index contributed by atoms with van der Waals surface area (Å²) < 4.78 is 5.27. The molecule has 1 atom stereocenters. The van der Waals surface area contributed by atoms with Crippen LogP contribution in [0.3, 0.4) is 0 Å². The molecule has 0 heterocycles. The van der Waals surface area contributed by atoms with Gasteiger partial charge in [0.15, 0.2) is 0 Å². The lowest BCUT2D eigenvalue weighted by Gasteiger charge is -2.08. The van der Waals surface area contributed by atoms with Crippen LogP contribution in [0.4, 0.5) is 0 Å². The van der Waals surface area contributed by atoms with E-state index in [1.807, 2.05) is 54.6 Å². The first-order valence-corrected chi connectivity index (χ1v) is 6.86. The van der Waals surface area contributed by atoms with Crippen molar-refractivity contribution in [3.63, 3.8) is 0 Å². The number of hydrogen-bond donors (Lipinski definition) is 1. The topological polar surface area (TPSA) is 46.5 Å². The van der Waals surface area contributed by atoms with Crippen molar-refractivity contribution >= 4 is 11.5 Å². The van der Waals surface area contributed by atoms with Gasteiger partial charge in [0.25, 0.3) is 0 Å². The van der Waals surface area contributed by atoms with Crippen LogP contribution in [0, 0.1) is 0 Å². The fraction of sp³-hybridized carbons (Fsp3) is 0.167. The van der Waals surface area contributed by atoms with E-state index in [2.05, 4.69) is 0 Å². The maximum absolute atomic E-state index is 11.1. The smallest absolute Gasteiger partial charge is 0.304 e. The highest BCUT2D eigenvalue weighted by Gasteiger charge is 2.25. The maximum Gasteiger partial charge on any atom is 0.304 e. The number of carboxylic acid groups (broad SMARTS) is 1. The van der Waals surface area contributed by atoms with Gasteiger partial charge in [0.2, 0.25) is 0 Å². The van der Waals surface area contributed by atoms with Crippen LogP contribution in [0.15, 0.2) is 54.6 Å². The van der Waals surface area contributed by atoms with Gasteiger partial charge in [-0.2, -0.15) is 0 Å². The van der Waals surface area contributed by atoms with E-state index >= 15 is 0 Å². The minimum Gasteiger partial charge on any atom is -0.497 e. The Morgan fingerprint density at radius 3 is 2.76 bits per heavy atom. The Balaban J connectivity index is 2.07. The third kappa shape index (κ3) is 2.55. The fourth-order valence-electron chi connectivity index (χ4n) is 2.85. The molecule has 3 nitrogen and oxygen atoms in total. The molecule has 0 spiro atoms. The standard InChI is InChI=1S/C18H16O3/c1-21-14-6-4-5-12(9-14)17-10-13(11-18(19)20)15-7-2-3-8-16(15)17/h2-10,13H,11H2,1H3,(H,19,20). The molecular weight excluding hydrogens is 264 g/mol. The summed E-state index contributed by atoms with van der Waals surface area (Å²) >= 11 is 0. The van der Waals surface area contributed by atoms with E-state index in [4.69, 9.17) is 9.84 Å². The molecule has 0 amide bonds. The van der Waals surface area contributed by atoms with Crippen LogP contribution in [0.1, 0.15) is 29.0 Å². The van der Waals surface area contributed by atoms with Gasteiger partial charge in [0.1, 0.15) is 5.75 Å². The molecule has 0 fully saturated rings. The molecule has 2 aromatic rings. The molecule has 1 aliphatic carbocycles. The summed E-state index contributed by atoms with van der Waals surface area (Å²) in [5.41, 5.74) is 4.32. The Morgan fingerprint density at radius 2 is 2.00 bits per heavy atom. The third-order valence-corrected chi connectivity index (χ3v) is 3.79. The van der Waals surface area contributed by atoms with Gasteiger partial charge in [-0.05, 0) is 34.4 Å². The molecular formula is C18H16O3. The molecule has 1 N–H and O–H groups in total. The van der Waals surface area contributed by atoms with Crippen LogP contribution >= 0.6 is 0 Å². The number of carboxylic acids is 1. The first-order valence-electron chi connectivity index (χ1n) is 6.86. The molecule has 1 unspecified atom stereocenters. The summed E-state index contributed by atoms with van der Waals surface area (Å²) in [5.74, 6) is -0.0505. The highest BCUT2D eigenvalue weighted by Crippen LogP contribution is 2.41. The third-order valence-electron chi connectivity index (χ3n) is 3.79. The molecule has 0 aromatic heterocycles. The first kappa shape index (κ1) is 13.4. The van der Waals surface area contributed by atoms with E-state index in [0.29, 0.717) is 0 Å². The van der Waals surface area contributed by atoms with E-state index in [-0.39, 0.29) is 12.3 Å². The number of carbonyl (C=O) groups is 1. The number of hydrogen-bond acceptors (Lipinski definition) is 2. The molecule has 0 saturated heterocycles.